The van der Waals surface area contributed by atoms with Crippen molar-refractivity contribution in [2.24, 2.45) is 0 Å². The van der Waals surface area contributed by atoms with Gasteiger partial charge in [-0.15, -0.1) is 11.6 Å². The fraction of sp³-hybridized carbons (Fsp3) is 0.400. The van der Waals surface area contributed by atoms with Gasteiger partial charge in [0.25, 0.3) is 0 Å². The number of rotatable bonds is 0. The van der Waals surface area contributed by atoms with Crippen LogP contribution in [-0.2, 0) is 6.42 Å². The first-order valence-corrected chi connectivity index (χ1v) is 5.34. The van der Waals surface area contributed by atoms with Gasteiger partial charge in [-0.3, -0.25) is 0 Å². The summed E-state index contributed by atoms with van der Waals surface area (Å²) in [6.45, 7) is 2.10. The first-order chi connectivity index (χ1) is 5.68. The average molecular weight is 246 g/mol. The fourth-order valence-electron chi connectivity index (χ4n) is 1.77. The van der Waals surface area contributed by atoms with Crippen LogP contribution in [0.2, 0.25) is 0 Å². The molecular weight excluding hydrogens is 235 g/mol. The molecule has 0 heterocycles. The van der Waals surface area contributed by atoms with E-state index in [9.17, 15) is 0 Å². The Bertz CT molecular complexity index is 320. The van der Waals surface area contributed by atoms with E-state index in [1.54, 1.807) is 0 Å². The molecule has 1 atom stereocenters. The summed E-state index contributed by atoms with van der Waals surface area (Å²) in [7, 11) is 0. The van der Waals surface area contributed by atoms with Gasteiger partial charge in [0.2, 0.25) is 0 Å². The van der Waals surface area contributed by atoms with Crippen LogP contribution in [0.4, 0.5) is 0 Å². The molecule has 0 radical (unpaired) electrons. The van der Waals surface area contributed by atoms with Crippen molar-refractivity contribution in [2.75, 3.05) is 0 Å². The van der Waals surface area contributed by atoms with Crippen molar-refractivity contribution in [2.45, 2.75) is 25.1 Å². The van der Waals surface area contributed by atoms with Crippen LogP contribution >= 0.6 is 27.5 Å². The van der Waals surface area contributed by atoms with Crippen molar-refractivity contribution in [3.05, 3.63) is 33.3 Å². The minimum absolute atomic E-state index is 0.233. The highest BCUT2D eigenvalue weighted by molar-refractivity contribution is 9.10. The molecule has 0 amide bonds. The van der Waals surface area contributed by atoms with Gasteiger partial charge in [-0.05, 0) is 42.5 Å². The highest BCUT2D eigenvalue weighted by atomic mass is 79.9. The first kappa shape index (κ1) is 8.58. The number of aryl methyl sites for hydroxylation is 1. The van der Waals surface area contributed by atoms with Crippen LogP contribution in [0, 0.1) is 6.92 Å². The minimum Gasteiger partial charge on any atom is -0.118 e. The molecule has 1 aromatic rings. The van der Waals surface area contributed by atoms with Crippen molar-refractivity contribution < 1.29 is 0 Å². The van der Waals surface area contributed by atoms with Gasteiger partial charge in [-0.25, -0.2) is 0 Å². The average Bonchev–Trinajstić information content (AvgIpc) is 2.33. The van der Waals surface area contributed by atoms with Crippen LogP contribution in [0.15, 0.2) is 16.6 Å². The Labute approximate surface area is 86.1 Å². The zero-order valence-electron chi connectivity index (χ0n) is 6.90. The van der Waals surface area contributed by atoms with E-state index in [4.69, 9.17) is 11.6 Å². The Morgan fingerprint density at radius 3 is 3.00 bits per heavy atom. The maximum Gasteiger partial charge on any atom is 0.0591 e. The second-order valence-corrected chi connectivity index (χ2v) is 4.70. The van der Waals surface area contributed by atoms with E-state index in [0.29, 0.717) is 0 Å². The monoisotopic (exact) mass is 244 g/mol. The number of halogens is 2. The highest BCUT2D eigenvalue weighted by Crippen LogP contribution is 2.40. The number of hydrogen-bond acceptors (Lipinski definition) is 0. The van der Waals surface area contributed by atoms with E-state index >= 15 is 0 Å². The second kappa shape index (κ2) is 3.04. The zero-order valence-corrected chi connectivity index (χ0v) is 9.24. The summed E-state index contributed by atoms with van der Waals surface area (Å²) in [6.07, 6.45) is 2.20. The molecule has 2 rings (SSSR count). The molecule has 0 spiro atoms. The Morgan fingerprint density at radius 2 is 2.25 bits per heavy atom. The van der Waals surface area contributed by atoms with Gasteiger partial charge in [0.15, 0.2) is 0 Å². The van der Waals surface area contributed by atoms with Gasteiger partial charge in [0, 0.05) is 4.47 Å². The molecule has 0 saturated carbocycles. The third kappa shape index (κ3) is 1.29. The van der Waals surface area contributed by atoms with Crippen molar-refractivity contribution in [1.29, 1.82) is 0 Å². The lowest BCUT2D eigenvalue weighted by Crippen LogP contribution is -1.87. The summed E-state index contributed by atoms with van der Waals surface area (Å²) in [5, 5.41) is 0.233. The van der Waals surface area contributed by atoms with Crippen LogP contribution in [0.25, 0.3) is 0 Å². The smallest absolute Gasteiger partial charge is 0.0591 e. The Balaban J connectivity index is 2.60. The quantitative estimate of drug-likeness (QED) is 0.607. The van der Waals surface area contributed by atoms with Gasteiger partial charge >= 0.3 is 0 Å². The predicted octanol–water partition coefficient (Wildman–Crippen LogP) is 3.98. The molecule has 64 valence electrons. The van der Waals surface area contributed by atoms with E-state index < -0.39 is 0 Å². The molecule has 0 saturated heterocycles. The van der Waals surface area contributed by atoms with Gasteiger partial charge in [-0.2, -0.15) is 0 Å². The fourth-order valence-corrected chi connectivity index (χ4v) is 2.86. The maximum atomic E-state index is 6.17. The van der Waals surface area contributed by atoms with Crippen molar-refractivity contribution in [1.82, 2.24) is 0 Å². The molecule has 12 heavy (non-hydrogen) atoms. The topological polar surface area (TPSA) is 0 Å². The Morgan fingerprint density at radius 1 is 1.50 bits per heavy atom. The Hall–Kier alpha value is -0.0100. The molecule has 1 aliphatic rings. The van der Waals surface area contributed by atoms with Gasteiger partial charge in [-0.1, -0.05) is 22.0 Å². The summed E-state index contributed by atoms with van der Waals surface area (Å²) in [5.41, 5.74) is 4.01. The summed E-state index contributed by atoms with van der Waals surface area (Å²) in [4.78, 5) is 0. The van der Waals surface area contributed by atoms with E-state index in [-0.39, 0.29) is 5.38 Å². The molecule has 0 fully saturated rings. The van der Waals surface area contributed by atoms with Crippen molar-refractivity contribution in [3.8, 4) is 0 Å². The van der Waals surface area contributed by atoms with E-state index in [1.165, 1.54) is 21.2 Å². The number of alkyl halides is 1. The number of benzene rings is 1. The molecule has 0 aromatic heterocycles. The summed E-state index contributed by atoms with van der Waals surface area (Å²) in [5.74, 6) is 0. The van der Waals surface area contributed by atoms with Crippen LogP contribution < -0.4 is 0 Å². The van der Waals surface area contributed by atoms with Gasteiger partial charge < -0.3 is 0 Å². The lowest BCUT2D eigenvalue weighted by molar-refractivity contribution is 0.881. The molecule has 0 bridgehead atoms. The lowest BCUT2D eigenvalue weighted by atomic mass is 10.1. The van der Waals surface area contributed by atoms with Crippen molar-refractivity contribution >= 4 is 27.5 Å². The third-order valence-corrected chi connectivity index (χ3v) is 3.52. The zero-order chi connectivity index (χ0) is 8.72. The van der Waals surface area contributed by atoms with Crippen LogP contribution in [0.1, 0.15) is 28.5 Å². The minimum atomic E-state index is 0.233. The summed E-state index contributed by atoms with van der Waals surface area (Å²) in [6, 6.07) is 4.36. The van der Waals surface area contributed by atoms with E-state index in [2.05, 4.69) is 35.0 Å². The SMILES string of the molecule is Cc1cc(Br)c2c(c1)C(Cl)CC2. The van der Waals surface area contributed by atoms with Crippen molar-refractivity contribution in [3.63, 3.8) is 0 Å². The largest absolute Gasteiger partial charge is 0.118 e. The van der Waals surface area contributed by atoms with Gasteiger partial charge in [0.05, 0.1) is 5.38 Å². The van der Waals surface area contributed by atoms with Crippen LogP contribution in [-0.4, -0.2) is 0 Å². The molecular formula is C10H10BrCl. The van der Waals surface area contributed by atoms with Crippen LogP contribution in [0.5, 0.6) is 0 Å². The summed E-state index contributed by atoms with van der Waals surface area (Å²) >= 11 is 9.73. The molecule has 1 aromatic carbocycles. The summed E-state index contributed by atoms with van der Waals surface area (Å²) < 4.78 is 1.22. The lowest BCUT2D eigenvalue weighted by Gasteiger charge is -2.05. The van der Waals surface area contributed by atoms with Crippen LogP contribution in [0.3, 0.4) is 0 Å². The molecule has 0 N–H and O–H groups in total. The molecule has 2 heteroatoms. The second-order valence-electron chi connectivity index (χ2n) is 3.32. The number of hydrogen-bond donors (Lipinski definition) is 0. The first-order valence-electron chi connectivity index (χ1n) is 4.11. The maximum absolute atomic E-state index is 6.17. The third-order valence-electron chi connectivity index (χ3n) is 2.36. The van der Waals surface area contributed by atoms with E-state index in [0.717, 1.165) is 12.8 Å². The molecule has 1 aliphatic carbocycles. The number of fused-ring (bicyclic) bond motifs is 1. The highest BCUT2D eigenvalue weighted by Gasteiger charge is 2.22. The molecule has 0 aliphatic heterocycles. The molecule has 0 nitrogen and oxygen atoms in total. The standard InChI is InChI=1S/C10H10BrCl/c1-6-4-8-7(9(11)5-6)2-3-10(8)12/h4-5,10H,2-3H2,1H3. The van der Waals surface area contributed by atoms with E-state index in [1.807, 2.05) is 0 Å². The Kier molecular flexibility index (Phi) is 2.18. The predicted molar refractivity (Wildman–Crippen MR) is 55.8 cm³/mol. The molecule has 1 unspecified atom stereocenters. The normalized spacial score (nSPS) is 21.1. The van der Waals surface area contributed by atoms with Gasteiger partial charge in [0.1, 0.15) is 0 Å².